The zero-order chi connectivity index (χ0) is 22.6. The third kappa shape index (κ3) is 7.63. The maximum absolute atomic E-state index is 12.2. The largest absolute Gasteiger partial charge is 0.370 e. The molecule has 0 unspecified atom stereocenters. The van der Waals surface area contributed by atoms with Gasteiger partial charge in [0, 0.05) is 58.1 Å². The number of likely N-dealkylation sites (N-methyl/N-ethyl adjacent to an activating group) is 1. The van der Waals surface area contributed by atoms with Gasteiger partial charge >= 0.3 is 0 Å². The maximum Gasteiger partial charge on any atom is 0.253 e. The van der Waals surface area contributed by atoms with E-state index >= 15 is 0 Å². The predicted molar refractivity (Wildman–Crippen MR) is 131 cm³/mol. The van der Waals surface area contributed by atoms with Crippen molar-refractivity contribution in [2.24, 2.45) is 4.99 Å². The quantitative estimate of drug-likeness (QED) is 0.455. The number of guanidine groups is 1. The molecule has 6 heteroatoms. The van der Waals surface area contributed by atoms with Crippen LogP contribution >= 0.6 is 0 Å². The van der Waals surface area contributed by atoms with Crippen LogP contribution in [0.3, 0.4) is 0 Å². The molecule has 0 aliphatic rings. The summed E-state index contributed by atoms with van der Waals surface area (Å²) >= 11 is 0. The number of anilines is 1. The van der Waals surface area contributed by atoms with Crippen LogP contribution in [0.1, 0.15) is 35.3 Å². The standard InChI is InChI=1S/C25H37N5O/c1-6-26-25(28-17-18-30(7-2)23-14-9-8-11-20(23)3)27-16-15-21-12-10-13-22(19-21)24(31)29(4)5/h8-14,19H,6-7,15-18H2,1-5H3,(H2,26,27,28). The van der Waals surface area contributed by atoms with E-state index in [1.54, 1.807) is 19.0 Å². The molecule has 2 aromatic rings. The third-order valence-electron chi connectivity index (χ3n) is 5.11. The Morgan fingerprint density at radius 3 is 2.48 bits per heavy atom. The molecule has 168 valence electrons. The number of aryl methyl sites for hydroxylation is 1. The fourth-order valence-corrected chi connectivity index (χ4v) is 3.43. The van der Waals surface area contributed by atoms with Crippen LogP contribution < -0.4 is 15.5 Å². The van der Waals surface area contributed by atoms with Gasteiger partial charge in [-0.15, -0.1) is 0 Å². The summed E-state index contributed by atoms with van der Waals surface area (Å²) in [6.45, 7) is 10.5. The van der Waals surface area contributed by atoms with Crippen LogP contribution in [0.15, 0.2) is 53.5 Å². The van der Waals surface area contributed by atoms with Crippen LogP contribution in [0.5, 0.6) is 0 Å². The van der Waals surface area contributed by atoms with Crippen molar-refractivity contribution in [1.29, 1.82) is 0 Å². The van der Waals surface area contributed by atoms with E-state index in [2.05, 4.69) is 60.6 Å². The first-order valence-corrected chi connectivity index (χ1v) is 11.1. The van der Waals surface area contributed by atoms with Gasteiger partial charge < -0.3 is 20.4 Å². The van der Waals surface area contributed by atoms with Crippen LogP contribution in [0, 0.1) is 6.92 Å². The minimum absolute atomic E-state index is 0.0227. The summed E-state index contributed by atoms with van der Waals surface area (Å²) in [4.78, 5) is 20.8. The van der Waals surface area contributed by atoms with Crippen molar-refractivity contribution >= 4 is 17.6 Å². The highest BCUT2D eigenvalue weighted by Gasteiger charge is 2.09. The first kappa shape index (κ1) is 24.3. The monoisotopic (exact) mass is 423 g/mol. The molecule has 0 radical (unpaired) electrons. The molecule has 2 rings (SSSR count). The number of amides is 1. The van der Waals surface area contributed by atoms with E-state index in [0.717, 1.165) is 44.1 Å². The van der Waals surface area contributed by atoms with Gasteiger partial charge in [0.2, 0.25) is 0 Å². The van der Waals surface area contributed by atoms with Crippen molar-refractivity contribution in [3.05, 3.63) is 65.2 Å². The van der Waals surface area contributed by atoms with Gasteiger partial charge in [-0.1, -0.05) is 30.3 Å². The highest BCUT2D eigenvalue weighted by atomic mass is 16.2. The van der Waals surface area contributed by atoms with Gasteiger partial charge in [-0.25, -0.2) is 0 Å². The number of para-hydroxylation sites is 1. The molecule has 0 heterocycles. The molecule has 0 saturated carbocycles. The number of hydrogen-bond acceptors (Lipinski definition) is 3. The number of benzene rings is 2. The molecule has 0 bridgehead atoms. The first-order valence-electron chi connectivity index (χ1n) is 11.1. The van der Waals surface area contributed by atoms with Crippen molar-refractivity contribution < 1.29 is 4.79 Å². The summed E-state index contributed by atoms with van der Waals surface area (Å²) in [6, 6.07) is 16.3. The Morgan fingerprint density at radius 1 is 1.03 bits per heavy atom. The summed E-state index contributed by atoms with van der Waals surface area (Å²) in [6.07, 6.45) is 0.787. The lowest BCUT2D eigenvalue weighted by Gasteiger charge is -2.25. The lowest BCUT2D eigenvalue weighted by atomic mass is 10.1. The van der Waals surface area contributed by atoms with Crippen LogP contribution in [0.25, 0.3) is 0 Å². The van der Waals surface area contributed by atoms with E-state index in [9.17, 15) is 4.79 Å². The lowest BCUT2D eigenvalue weighted by molar-refractivity contribution is 0.0827. The molecule has 0 saturated heterocycles. The van der Waals surface area contributed by atoms with E-state index in [4.69, 9.17) is 4.99 Å². The summed E-state index contributed by atoms with van der Waals surface area (Å²) in [7, 11) is 3.54. The second-order valence-electron chi connectivity index (χ2n) is 7.70. The number of nitrogens with one attached hydrogen (secondary N) is 2. The fraction of sp³-hybridized carbons (Fsp3) is 0.440. The second-order valence-corrected chi connectivity index (χ2v) is 7.70. The third-order valence-corrected chi connectivity index (χ3v) is 5.11. The van der Waals surface area contributed by atoms with E-state index in [-0.39, 0.29) is 5.91 Å². The van der Waals surface area contributed by atoms with E-state index in [1.807, 2.05) is 24.3 Å². The highest BCUT2D eigenvalue weighted by Crippen LogP contribution is 2.18. The van der Waals surface area contributed by atoms with Gasteiger partial charge in [0.15, 0.2) is 5.96 Å². The Bertz CT molecular complexity index is 862. The average molecular weight is 424 g/mol. The molecular formula is C25H37N5O. The highest BCUT2D eigenvalue weighted by molar-refractivity contribution is 5.94. The minimum atomic E-state index is 0.0227. The van der Waals surface area contributed by atoms with E-state index in [0.29, 0.717) is 12.1 Å². The lowest BCUT2D eigenvalue weighted by Crippen LogP contribution is -2.42. The van der Waals surface area contributed by atoms with Gasteiger partial charge in [-0.2, -0.15) is 0 Å². The fourth-order valence-electron chi connectivity index (χ4n) is 3.43. The first-order chi connectivity index (χ1) is 15.0. The summed E-state index contributed by atoms with van der Waals surface area (Å²) in [5.74, 6) is 0.846. The summed E-state index contributed by atoms with van der Waals surface area (Å²) < 4.78 is 0. The predicted octanol–water partition coefficient (Wildman–Crippen LogP) is 3.32. The number of aliphatic imine (C=N–C) groups is 1. The minimum Gasteiger partial charge on any atom is -0.370 e. The van der Waals surface area contributed by atoms with E-state index < -0.39 is 0 Å². The van der Waals surface area contributed by atoms with Gasteiger partial charge in [0.05, 0.1) is 0 Å². The second kappa shape index (κ2) is 12.6. The zero-order valence-corrected chi connectivity index (χ0v) is 19.6. The summed E-state index contributed by atoms with van der Waals surface area (Å²) in [5.41, 5.74) is 4.40. The number of carbonyl (C=O) groups is 1. The molecule has 0 aliphatic carbocycles. The van der Waals surface area contributed by atoms with Crippen LogP contribution in [0.4, 0.5) is 5.69 Å². The molecule has 0 aliphatic heterocycles. The Kier molecular flexibility index (Phi) is 9.88. The van der Waals surface area contributed by atoms with Crippen molar-refractivity contribution in [1.82, 2.24) is 15.5 Å². The average Bonchev–Trinajstić information content (AvgIpc) is 2.77. The molecule has 31 heavy (non-hydrogen) atoms. The van der Waals surface area contributed by atoms with Gasteiger partial charge in [0.25, 0.3) is 5.91 Å². The summed E-state index contributed by atoms with van der Waals surface area (Å²) in [5, 5.41) is 6.76. The van der Waals surface area contributed by atoms with Crippen LogP contribution in [-0.4, -0.2) is 63.6 Å². The SMILES string of the molecule is CCNC(=NCCc1cccc(C(=O)N(C)C)c1)NCCN(CC)c1ccccc1C. The van der Waals surface area contributed by atoms with Crippen LogP contribution in [-0.2, 0) is 6.42 Å². The Balaban J connectivity index is 1.91. The van der Waals surface area contributed by atoms with Crippen molar-refractivity contribution in [2.45, 2.75) is 27.2 Å². The molecule has 0 aromatic heterocycles. The van der Waals surface area contributed by atoms with Crippen molar-refractivity contribution in [2.75, 3.05) is 51.7 Å². The van der Waals surface area contributed by atoms with Gasteiger partial charge in [-0.3, -0.25) is 9.79 Å². The maximum atomic E-state index is 12.2. The topological polar surface area (TPSA) is 60.0 Å². The van der Waals surface area contributed by atoms with E-state index in [1.165, 1.54) is 11.3 Å². The normalized spacial score (nSPS) is 11.2. The molecule has 1 amide bonds. The molecule has 2 N–H and O–H groups in total. The van der Waals surface area contributed by atoms with Crippen molar-refractivity contribution in [3.63, 3.8) is 0 Å². The van der Waals surface area contributed by atoms with Gasteiger partial charge in [-0.05, 0) is 56.5 Å². The Labute approximate surface area is 187 Å². The Morgan fingerprint density at radius 2 is 1.81 bits per heavy atom. The molecule has 0 spiro atoms. The van der Waals surface area contributed by atoms with Crippen molar-refractivity contribution in [3.8, 4) is 0 Å². The molecule has 0 fully saturated rings. The van der Waals surface area contributed by atoms with Gasteiger partial charge in [0.1, 0.15) is 0 Å². The smallest absolute Gasteiger partial charge is 0.253 e. The van der Waals surface area contributed by atoms with Crippen LogP contribution in [0.2, 0.25) is 0 Å². The number of nitrogens with zero attached hydrogens (tertiary/aromatic N) is 3. The Hall–Kier alpha value is -3.02. The molecule has 0 atom stereocenters. The number of hydrogen-bond donors (Lipinski definition) is 2. The molecule has 6 nitrogen and oxygen atoms in total. The molecule has 2 aromatic carbocycles. The zero-order valence-electron chi connectivity index (χ0n) is 19.6. The number of carbonyl (C=O) groups excluding carboxylic acids is 1. The molecular weight excluding hydrogens is 386 g/mol. The number of rotatable bonds is 10.